The van der Waals surface area contributed by atoms with Crippen molar-refractivity contribution < 1.29 is 19.1 Å². The lowest BCUT2D eigenvalue weighted by molar-refractivity contribution is -0.131. The van der Waals surface area contributed by atoms with Gasteiger partial charge < -0.3 is 15.4 Å². The fraction of sp³-hybridized carbons (Fsp3) is 0.222. The number of nitrogens with zero attached hydrogens (tertiary/aromatic N) is 1. The number of carbonyl (C=O) groups excluding carboxylic acids is 3. The molecule has 0 aliphatic rings. The summed E-state index contributed by atoms with van der Waals surface area (Å²) in [6.45, 7) is 2.15. The van der Waals surface area contributed by atoms with E-state index >= 15 is 0 Å². The normalized spacial score (nSPS) is 9.96. The van der Waals surface area contributed by atoms with Crippen LogP contribution in [0.4, 0.5) is 0 Å². The highest BCUT2D eigenvalue weighted by molar-refractivity contribution is 5.95. The highest BCUT2D eigenvalue weighted by Gasteiger charge is 2.08. The minimum Gasteiger partial charge on any atom is -0.427 e. The number of esters is 1. The summed E-state index contributed by atoms with van der Waals surface area (Å²) in [4.78, 5) is 38.7. The summed E-state index contributed by atoms with van der Waals surface area (Å²) in [6.07, 6.45) is 3.70. The zero-order valence-electron chi connectivity index (χ0n) is 13.8. The standard InChI is InChI=1S/C18H19N3O4/c1-13(22)25-16-5-2-4-15(12-16)18(24)21-9-3-8-20-17(23)14-6-10-19-11-7-14/h2,4-7,10-12H,3,8-9H2,1H3,(H,20,23)(H,21,24). The molecule has 0 fully saturated rings. The van der Waals surface area contributed by atoms with Gasteiger partial charge in [-0.2, -0.15) is 0 Å². The van der Waals surface area contributed by atoms with E-state index in [2.05, 4.69) is 15.6 Å². The van der Waals surface area contributed by atoms with E-state index in [-0.39, 0.29) is 11.8 Å². The van der Waals surface area contributed by atoms with Gasteiger partial charge in [-0.15, -0.1) is 0 Å². The van der Waals surface area contributed by atoms with Crippen LogP contribution >= 0.6 is 0 Å². The maximum absolute atomic E-state index is 12.1. The molecule has 2 N–H and O–H groups in total. The van der Waals surface area contributed by atoms with Crippen molar-refractivity contribution in [2.75, 3.05) is 13.1 Å². The van der Waals surface area contributed by atoms with Crippen LogP contribution in [0.15, 0.2) is 48.8 Å². The van der Waals surface area contributed by atoms with Gasteiger partial charge in [-0.1, -0.05) is 6.07 Å². The van der Waals surface area contributed by atoms with E-state index in [0.717, 1.165) is 0 Å². The molecule has 0 unspecified atom stereocenters. The Hall–Kier alpha value is -3.22. The molecule has 2 amide bonds. The third-order valence-electron chi connectivity index (χ3n) is 3.22. The third kappa shape index (κ3) is 6.06. The molecule has 0 aliphatic carbocycles. The molecule has 2 aromatic rings. The quantitative estimate of drug-likeness (QED) is 0.452. The molecule has 0 radical (unpaired) electrons. The van der Waals surface area contributed by atoms with Crippen LogP contribution in [0.5, 0.6) is 5.75 Å². The Bertz CT molecular complexity index is 747. The maximum atomic E-state index is 12.1. The van der Waals surface area contributed by atoms with Gasteiger partial charge in [-0.05, 0) is 36.8 Å². The van der Waals surface area contributed by atoms with E-state index in [1.54, 1.807) is 42.7 Å². The van der Waals surface area contributed by atoms with Gasteiger partial charge in [-0.3, -0.25) is 19.4 Å². The fourth-order valence-electron chi connectivity index (χ4n) is 2.07. The molecule has 2 rings (SSSR count). The van der Waals surface area contributed by atoms with Crippen molar-refractivity contribution >= 4 is 17.8 Å². The number of hydrogen-bond donors (Lipinski definition) is 2. The zero-order chi connectivity index (χ0) is 18.1. The molecule has 25 heavy (non-hydrogen) atoms. The number of amides is 2. The van der Waals surface area contributed by atoms with Crippen molar-refractivity contribution in [2.45, 2.75) is 13.3 Å². The van der Waals surface area contributed by atoms with Gasteiger partial charge in [0.2, 0.25) is 0 Å². The summed E-state index contributed by atoms with van der Waals surface area (Å²) in [6, 6.07) is 9.64. The van der Waals surface area contributed by atoms with Gasteiger partial charge in [0.15, 0.2) is 0 Å². The molecule has 0 bridgehead atoms. The van der Waals surface area contributed by atoms with E-state index in [1.165, 1.54) is 13.0 Å². The lowest BCUT2D eigenvalue weighted by atomic mass is 10.2. The number of carbonyl (C=O) groups is 3. The molecule has 1 aromatic heterocycles. The summed E-state index contributed by atoms with van der Waals surface area (Å²) in [7, 11) is 0. The minimum absolute atomic E-state index is 0.178. The first kappa shape index (κ1) is 18.1. The molecule has 0 atom stereocenters. The van der Waals surface area contributed by atoms with E-state index in [0.29, 0.717) is 36.4 Å². The largest absolute Gasteiger partial charge is 0.427 e. The number of rotatable bonds is 7. The smallest absolute Gasteiger partial charge is 0.308 e. The van der Waals surface area contributed by atoms with Crippen LogP contribution in [0.2, 0.25) is 0 Å². The van der Waals surface area contributed by atoms with E-state index in [4.69, 9.17) is 4.74 Å². The Balaban J connectivity index is 1.72. The predicted octanol–water partition coefficient (Wildman–Crippen LogP) is 1.56. The number of hydrogen-bond acceptors (Lipinski definition) is 5. The van der Waals surface area contributed by atoms with E-state index < -0.39 is 5.97 Å². The Labute approximate surface area is 145 Å². The summed E-state index contributed by atoms with van der Waals surface area (Å²) >= 11 is 0. The molecular weight excluding hydrogens is 322 g/mol. The van der Waals surface area contributed by atoms with E-state index in [1.807, 2.05) is 0 Å². The highest BCUT2D eigenvalue weighted by Crippen LogP contribution is 2.13. The second-order valence-corrected chi connectivity index (χ2v) is 5.22. The van der Waals surface area contributed by atoms with Gasteiger partial charge >= 0.3 is 5.97 Å². The lowest BCUT2D eigenvalue weighted by Crippen LogP contribution is -2.29. The Morgan fingerprint density at radius 1 is 0.960 bits per heavy atom. The predicted molar refractivity (Wildman–Crippen MR) is 91.3 cm³/mol. The lowest BCUT2D eigenvalue weighted by Gasteiger charge is -2.08. The first-order valence-electron chi connectivity index (χ1n) is 7.81. The Kier molecular flexibility index (Phi) is 6.65. The fourth-order valence-corrected chi connectivity index (χ4v) is 2.07. The van der Waals surface area contributed by atoms with Gasteiger partial charge in [0.1, 0.15) is 5.75 Å². The van der Waals surface area contributed by atoms with Crippen LogP contribution in [-0.2, 0) is 4.79 Å². The molecule has 0 aliphatic heterocycles. The molecule has 130 valence electrons. The summed E-state index contributed by atoms with van der Waals surface area (Å²) in [5, 5.41) is 5.52. The van der Waals surface area contributed by atoms with E-state index in [9.17, 15) is 14.4 Å². The number of pyridine rings is 1. The molecule has 1 aromatic carbocycles. The van der Waals surface area contributed by atoms with Gasteiger partial charge in [0.25, 0.3) is 11.8 Å². The van der Waals surface area contributed by atoms with Gasteiger partial charge in [0, 0.05) is 43.5 Å². The van der Waals surface area contributed by atoms with Crippen LogP contribution in [0, 0.1) is 0 Å². The van der Waals surface area contributed by atoms with Crippen LogP contribution < -0.4 is 15.4 Å². The number of nitrogens with one attached hydrogen (secondary N) is 2. The second-order valence-electron chi connectivity index (χ2n) is 5.22. The number of benzene rings is 1. The Morgan fingerprint density at radius 2 is 1.60 bits per heavy atom. The van der Waals surface area contributed by atoms with Crippen molar-refractivity contribution in [1.29, 1.82) is 0 Å². The number of ether oxygens (including phenoxy) is 1. The van der Waals surface area contributed by atoms with Crippen LogP contribution in [0.25, 0.3) is 0 Å². The Morgan fingerprint density at radius 3 is 2.24 bits per heavy atom. The van der Waals surface area contributed by atoms with Crippen LogP contribution in [-0.4, -0.2) is 35.9 Å². The molecule has 1 heterocycles. The summed E-state index contributed by atoms with van der Waals surface area (Å²) in [5.41, 5.74) is 0.945. The summed E-state index contributed by atoms with van der Waals surface area (Å²) < 4.78 is 4.95. The number of aromatic nitrogens is 1. The second kappa shape index (κ2) is 9.17. The maximum Gasteiger partial charge on any atom is 0.308 e. The van der Waals surface area contributed by atoms with Crippen molar-refractivity contribution in [3.63, 3.8) is 0 Å². The molecule has 0 saturated heterocycles. The van der Waals surface area contributed by atoms with Crippen molar-refractivity contribution in [1.82, 2.24) is 15.6 Å². The third-order valence-corrected chi connectivity index (χ3v) is 3.22. The van der Waals surface area contributed by atoms with Crippen LogP contribution in [0.3, 0.4) is 0 Å². The monoisotopic (exact) mass is 341 g/mol. The van der Waals surface area contributed by atoms with Crippen molar-refractivity contribution in [3.8, 4) is 5.75 Å². The first-order valence-corrected chi connectivity index (χ1v) is 7.81. The van der Waals surface area contributed by atoms with Crippen LogP contribution in [0.1, 0.15) is 34.1 Å². The average molecular weight is 341 g/mol. The minimum atomic E-state index is -0.442. The van der Waals surface area contributed by atoms with Crippen molar-refractivity contribution in [2.24, 2.45) is 0 Å². The average Bonchev–Trinajstić information content (AvgIpc) is 2.61. The topological polar surface area (TPSA) is 97.4 Å². The SMILES string of the molecule is CC(=O)Oc1cccc(C(=O)NCCCNC(=O)c2ccncc2)c1. The molecule has 7 heteroatoms. The van der Waals surface area contributed by atoms with Gasteiger partial charge in [-0.25, -0.2) is 0 Å². The highest BCUT2D eigenvalue weighted by atomic mass is 16.5. The molecular formula is C18H19N3O4. The van der Waals surface area contributed by atoms with Gasteiger partial charge in [0.05, 0.1) is 0 Å². The zero-order valence-corrected chi connectivity index (χ0v) is 13.8. The summed E-state index contributed by atoms with van der Waals surface area (Å²) in [5.74, 6) is -0.565. The first-order chi connectivity index (χ1) is 12.1. The molecule has 7 nitrogen and oxygen atoms in total. The molecule has 0 spiro atoms. The van der Waals surface area contributed by atoms with Crippen molar-refractivity contribution in [3.05, 3.63) is 59.9 Å². The molecule has 0 saturated carbocycles.